The molecule has 0 unspecified atom stereocenters. The fourth-order valence-electron chi connectivity index (χ4n) is 14.2. The molecule has 8 rings (SSSR count). The highest BCUT2D eigenvalue weighted by Crippen LogP contribution is 2.71. The van der Waals surface area contributed by atoms with Gasteiger partial charge in [-0.15, -0.1) is 0 Å². The van der Waals surface area contributed by atoms with Crippen LogP contribution in [0.1, 0.15) is 92.4 Å². The summed E-state index contributed by atoms with van der Waals surface area (Å²) >= 11 is 0. The van der Waals surface area contributed by atoms with Gasteiger partial charge in [0, 0.05) is 12.3 Å². The van der Waals surface area contributed by atoms with Crippen LogP contribution in [0.2, 0.25) is 0 Å². The van der Waals surface area contributed by atoms with Crippen molar-refractivity contribution in [2.75, 3.05) is 19.8 Å². The van der Waals surface area contributed by atoms with Crippen molar-refractivity contribution in [3.8, 4) is 0 Å². The van der Waals surface area contributed by atoms with Crippen LogP contribution >= 0.6 is 0 Å². The molecule has 4 heterocycles. The minimum Gasteiger partial charge on any atom is -0.394 e. The number of hydrogen-bond donors (Lipinski definition) is 12. The van der Waals surface area contributed by atoms with Gasteiger partial charge in [-0.05, 0) is 105 Å². The van der Waals surface area contributed by atoms with E-state index in [2.05, 4.69) is 20.8 Å². The Morgan fingerprint density at radius 2 is 1.31 bits per heavy atom. The Morgan fingerprint density at radius 3 is 2.02 bits per heavy atom. The number of aliphatic hydroxyl groups excluding tert-OH is 11. The molecule has 4 aliphatic heterocycles. The molecule has 8 aliphatic rings. The summed E-state index contributed by atoms with van der Waals surface area (Å²) in [5.74, 6) is 0.0265. The number of ether oxygens (including phenoxy) is 7. The molecule has 28 atom stereocenters. The summed E-state index contributed by atoms with van der Waals surface area (Å²) < 4.78 is 41.4. The van der Waals surface area contributed by atoms with Crippen molar-refractivity contribution >= 4 is 0 Å². The summed E-state index contributed by atoms with van der Waals surface area (Å²) in [6, 6.07) is 0. The van der Waals surface area contributed by atoms with Gasteiger partial charge in [0.25, 0.3) is 0 Å². The lowest BCUT2D eigenvalue weighted by molar-refractivity contribution is -0.364. The Balaban J connectivity index is 0.852. The molecule has 4 saturated carbocycles. The van der Waals surface area contributed by atoms with E-state index in [0.29, 0.717) is 43.4 Å². The van der Waals surface area contributed by atoms with Crippen molar-refractivity contribution in [1.82, 2.24) is 0 Å². The van der Waals surface area contributed by atoms with Gasteiger partial charge in [-0.2, -0.15) is 0 Å². The lowest BCUT2D eigenvalue weighted by Crippen LogP contribution is -2.65. The van der Waals surface area contributed by atoms with Gasteiger partial charge in [0.15, 0.2) is 24.7 Å². The SMILES string of the molecule is C[C@@H](CC[C@]1(O)O[C@H]2C[C@@H]3[C@@H]4CC[C@H]5C[C@@H](O[C@@H]6O[C@H](CO)[C@@H](O[C@@H]7O[C@@H](C)[C@H](O)[C@@H](O)[C@H]7O)[C@H](O)[C@H]6O)[C@H](O)C[C@]5(C)[C@H]4CC[C@]3(C)[C@H]2[C@@H]1C)CO[C@@H]1O[C@H](CO)[C@@H](O)[C@H](O)[C@H]1O. The third-order valence-corrected chi connectivity index (χ3v) is 18.0. The molecule has 0 spiro atoms. The first-order valence-corrected chi connectivity index (χ1v) is 23.8. The average Bonchev–Trinajstić information content (AvgIpc) is 3.70. The largest absolute Gasteiger partial charge is 0.394 e. The predicted molar refractivity (Wildman–Crippen MR) is 219 cm³/mol. The molecule has 0 aromatic rings. The zero-order valence-corrected chi connectivity index (χ0v) is 37.6. The van der Waals surface area contributed by atoms with Crippen LogP contribution in [-0.2, 0) is 33.2 Å². The Morgan fingerprint density at radius 1 is 0.672 bits per heavy atom. The second-order valence-electron chi connectivity index (χ2n) is 21.6. The maximum absolute atomic E-state index is 12.0. The van der Waals surface area contributed by atoms with Gasteiger partial charge in [0.1, 0.15) is 67.1 Å². The third-order valence-electron chi connectivity index (χ3n) is 18.0. The summed E-state index contributed by atoms with van der Waals surface area (Å²) in [5.41, 5.74) is -0.229. The topological polar surface area (TPSA) is 307 Å². The quantitative estimate of drug-likeness (QED) is 0.0964. The number of rotatable bonds is 12. The molecule has 0 radical (unpaired) electrons. The summed E-state index contributed by atoms with van der Waals surface area (Å²) in [4.78, 5) is 0. The minimum absolute atomic E-state index is 0.0453. The highest BCUT2D eigenvalue weighted by molar-refractivity contribution is 5.15. The van der Waals surface area contributed by atoms with E-state index in [1.54, 1.807) is 0 Å². The highest BCUT2D eigenvalue weighted by atomic mass is 16.7. The smallest absolute Gasteiger partial charge is 0.187 e. The van der Waals surface area contributed by atoms with Crippen molar-refractivity contribution in [3.05, 3.63) is 0 Å². The van der Waals surface area contributed by atoms with Crippen molar-refractivity contribution in [2.24, 2.45) is 52.3 Å². The van der Waals surface area contributed by atoms with Gasteiger partial charge in [-0.3, -0.25) is 0 Å². The van der Waals surface area contributed by atoms with Gasteiger partial charge >= 0.3 is 0 Å². The van der Waals surface area contributed by atoms with E-state index < -0.39 is 123 Å². The molecule has 370 valence electrons. The van der Waals surface area contributed by atoms with Crippen LogP contribution < -0.4 is 0 Å². The van der Waals surface area contributed by atoms with Crippen LogP contribution in [0.15, 0.2) is 0 Å². The normalized spacial score (nSPS) is 56.8. The lowest BCUT2D eigenvalue weighted by atomic mass is 9.44. The molecule has 12 N–H and O–H groups in total. The maximum atomic E-state index is 12.0. The van der Waals surface area contributed by atoms with Gasteiger partial charge in [0.05, 0.1) is 44.2 Å². The molecule has 8 fully saturated rings. The van der Waals surface area contributed by atoms with E-state index in [-0.39, 0.29) is 47.2 Å². The molecule has 64 heavy (non-hydrogen) atoms. The first kappa shape index (κ1) is 49.7. The van der Waals surface area contributed by atoms with Crippen LogP contribution in [-0.4, -0.2) is 197 Å². The van der Waals surface area contributed by atoms with E-state index in [9.17, 15) is 61.3 Å². The molecule has 0 aromatic heterocycles. The van der Waals surface area contributed by atoms with E-state index in [4.69, 9.17) is 33.2 Å². The average molecular weight is 921 g/mol. The molecule has 4 aliphatic carbocycles. The monoisotopic (exact) mass is 920 g/mol. The van der Waals surface area contributed by atoms with Gasteiger partial charge in [-0.25, -0.2) is 0 Å². The van der Waals surface area contributed by atoms with E-state index >= 15 is 0 Å². The zero-order chi connectivity index (χ0) is 46.4. The minimum atomic E-state index is -1.67. The van der Waals surface area contributed by atoms with Crippen LogP contribution in [0.25, 0.3) is 0 Å². The second kappa shape index (κ2) is 18.9. The van der Waals surface area contributed by atoms with Crippen molar-refractivity contribution in [2.45, 2.75) is 209 Å². The van der Waals surface area contributed by atoms with E-state index in [0.717, 1.165) is 32.1 Å². The van der Waals surface area contributed by atoms with Crippen molar-refractivity contribution < 1.29 is 94.4 Å². The van der Waals surface area contributed by atoms with Crippen LogP contribution in [0, 0.1) is 52.3 Å². The Hall–Kier alpha value is -0.760. The summed E-state index contributed by atoms with van der Waals surface area (Å²) in [5, 5.41) is 127. The van der Waals surface area contributed by atoms with E-state index in [1.807, 2.05) is 6.92 Å². The number of aliphatic hydroxyl groups is 12. The van der Waals surface area contributed by atoms with Crippen LogP contribution in [0.5, 0.6) is 0 Å². The van der Waals surface area contributed by atoms with Gasteiger partial charge in [-0.1, -0.05) is 27.7 Å². The second-order valence-corrected chi connectivity index (χ2v) is 21.6. The molecular formula is C45H76O19. The summed E-state index contributed by atoms with van der Waals surface area (Å²) in [7, 11) is 0. The Bertz CT molecular complexity index is 1580. The molecule has 0 amide bonds. The Labute approximate surface area is 374 Å². The fourth-order valence-corrected chi connectivity index (χ4v) is 14.2. The van der Waals surface area contributed by atoms with Crippen molar-refractivity contribution in [3.63, 3.8) is 0 Å². The van der Waals surface area contributed by atoms with E-state index in [1.165, 1.54) is 6.92 Å². The maximum Gasteiger partial charge on any atom is 0.187 e. The fraction of sp³-hybridized carbons (Fsp3) is 1.00. The van der Waals surface area contributed by atoms with Gasteiger partial charge in [0.2, 0.25) is 0 Å². The number of fused-ring (bicyclic) bond motifs is 7. The molecule has 0 aromatic carbocycles. The summed E-state index contributed by atoms with van der Waals surface area (Å²) in [6.45, 7) is 9.19. The highest BCUT2D eigenvalue weighted by Gasteiger charge is 2.69. The van der Waals surface area contributed by atoms with Gasteiger partial charge < -0.3 is 94.4 Å². The molecule has 19 nitrogen and oxygen atoms in total. The Kier molecular flexibility index (Phi) is 14.6. The third kappa shape index (κ3) is 8.55. The first-order chi connectivity index (χ1) is 30.2. The molecular weight excluding hydrogens is 844 g/mol. The predicted octanol–water partition coefficient (Wildman–Crippen LogP) is -1.78. The van der Waals surface area contributed by atoms with Crippen molar-refractivity contribution in [1.29, 1.82) is 0 Å². The molecule has 4 saturated heterocycles. The molecule has 0 bridgehead atoms. The molecule has 19 heteroatoms. The number of hydrogen-bond acceptors (Lipinski definition) is 19. The standard InChI is InChI=1S/C45H76O19/c1-18(17-58-40-36(54)34(52)32(50)28(15-46)61-40)8-11-45(57)19(2)30-27(64-45)13-24-22-7-6-21-12-26(25(48)14-44(21,5)23(22)9-10-43(24,30)4)60-42-38(56)35(53)39(29(16-47)62-42)63-41-37(55)33(51)31(49)20(3)59-41/h18-42,46-57H,6-17H2,1-5H3/t18-,19-,20-,21-,22+,23-,24+,25+,26+,27-,28+,29+,30-,31-,32+,33+,34-,35+,36+,37+,38+,39+,40+,41-,42+,43-,44-,45-/m0/s1. The van der Waals surface area contributed by atoms with Crippen LogP contribution in [0.4, 0.5) is 0 Å². The zero-order valence-electron chi connectivity index (χ0n) is 37.6. The first-order valence-electron chi connectivity index (χ1n) is 23.8. The summed E-state index contributed by atoms with van der Waals surface area (Å²) in [6.07, 6.45) is -16.1. The lowest BCUT2D eigenvalue weighted by Gasteiger charge is -2.62. The van der Waals surface area contributed by atoms with Crippen LogP contribution in [0.3, 0.4) is 0 Å².